The van der Waals surface area contributed by atoms with Crippen molar-refractivity contribution in [2.45, 2.75) is 37.8 Å². The number of benzene rings is 3. The van der Waals surface area contributed by atoms with Crippen molar-refractivity contribution in [1.82, 2.24) is 10.2 Å². The van der Waals surface area contributed by atoms with Gasteiger partial charge in [-0.1, -0.05) is 72.1 Å². The van der Waals surface area contributed by atoms with E-state index in [-0.39, 0.29) is 33.1 Å². The monoisotopic (exact) mass is 595 g/mol. The fourth-order valence-corrected chi connectivity index (χ4v) is 5.82. The number of carbonyl (C=O) groups is 2. The van der Waals surface area contributed by atoms with E-state index in [1.807, 2.05) is 6.92 Å². The summed E-state index contributed by atoms with van der Waals surface area (Å²) in [4.78, 5) is 28.0. The summed E-state index contributed by atoms with van der Waals surface area (Å²) in [6, 6.07) is 18.1. The Morgan fingerprint density at radius 2 is 1.61 bits per heavy atom. The highest BCUT2D eigenvalue weighted by Crippen LogP contribution is 2.33. The van der Waals surface area contributed by atoms with Gasteiger partial charge in [0.1, 0.15) is 12.6 Å². The van der Waals surface area contributed by atoms with Crippen LogP contribution in [0, 0.1) is 0 Å². The van der Waals surface area contributed by atoms with Gasteiger partial charge in [-0.05, 0) is 61.4 Å². The zero-order valence-electron chi connectivity index (χ0n) is 20.9. The molecule has 0 aromatic heterocycles. The van der Waals surface area contributed by atoms with Crippen LogP contribution in [0.15, 0.2) is 77.7 Å². The molecule has 0 unspecified atom stereocenters. The largest absolute Gasteiger partial charge is 0.354 e. The van der Waals surface area contributed by atoms with E-state index in [0.29, 0.717) is 17.1 Å². The van der Waals surface area contributed by atoms with Crippen molar-refractivity contribution < 1.29 is 18.0 Å². The highest BCUT2D eigenvalue weighted by Gasteiger charge is 2.33. The summed E-state index contributed by atoms with van der Waals surface area (Å²) < 4.78 is 28.4. The SMILES string of the molecule is CCCNC(=O)[C@@H](C)N(Cc1cccc(Cl)c1)C(=O)CN(c1cc(Cl)ccc1Cl)S(=O)(=O)c1ccccc1. The standard InChI is InChI=1S/C27H28Cl3N3O4S/c1-3-14-31-27(35)19(2)32(17-20-8-7-9-21(28)15-20)26(34)18-33(25-16-22(29)12-13-24(25)30)38(36,37)23-10-5-4-6-11-23/h4-13,15-16,19H,3,14,17-18H2,1-2H3,(H,31,35)/t19-/m1/s1. The molecule has 0 heterocycles. The van der Waals surface area contributed by atoms with Crippen molar-refractivity contribution in [2.75, 3.05) is 17.4 Å². The summed E-state index contributed by atoms with van der Waals surface area (Å²) >= 11 is 18.7. The molecule has 0 saturated carbocycles. The molecule has 11 heteroatoms. The first-order valence-electron chi connectivity index (χ1n) is 11.9. The molecule has 0 fully saturated rings. The molecule has 0 spiro atoms. The maximum Gasteiger partial charge on any atom is 0.264 e. The number of rotatable bonds is 11. The molecular weight excluding hydrogens is 569 g/mol. The topological polar surface area (TPSA) is 86.8 Å². The van der Waals surface area contributed by atoms with E-state index >= 15 is 0 Å². The predicted octanol–water partition coefficient (Wildman–Crippen LogP) is 5.79. The van der Waals surface area contributed by atoms with Crippen molar-refractivity contribution >= 4 is 62.3 Å². The van der Waals surface area contributed by atoms with E-state index < -0.39 is 28.5 Å². The normalized spacial score (nSPS) is 12.0. The fraction of sp³-hybridized carbons (Fsp3) is 0.259. The molecule has 202 valence electrons. The minimum atomic E-state index is -4.24. The Hall–Kier alpha value is -2.78. The highest BCUT2D eigenvalue weighted by atomic mass is 35.5. The van der Waals surface area contributed by atoms with Gasteiger partial charge in [0.05, 0.1) is 15.6 Å². The Morgan fingerprint density at radius 3 is 2.26 bits per heavy atom. The molecule has 1 N–H and O–H groups in total. The maximum atomic E-state index is 13.8. The van der Waals surface area contributed by atoms with Crippen LogP contribution >= 0.6 is 34.8 Å². The summed E-state index contributed by atoms with van der Waals surface area (Å²) in [6.45, 7) is 3.36. The molecule has 2 amide bonds. The zero-order chi connectivity index (χ0) is 27.9. The second kappa shape index (κ2) is 13.3. The molecule has 0 aliphatic carbocycles. The molecule has 0 bridgehead atoms. The summed E-state index contributed by atoms with van der Waals surface area (Å²) in [7, 11) is -4.24. The van der Waals surface area contributed by atoms with Crippen molar-refractivity contribution in [3.63, 3.8) is 0 Å². The lowest BCUT2D eigenvalue weighted by molar-refractivity contribution is -0.139. The average Bonchev–Trinajstić information content (AvgIpc) is 2.90. The molecule has 3 rings (SSSR count). The Labute approximate surface area is 238 Å². The Kier molecular flexibility index (Phi) is 10.4. The minimum absolute atomic E-state index is 0.0287. The summed E-state index contributed by atoms with van der Waals surface area (Å²) in [6.07, 6.45) is 0.719. The molecule has 0 aliphatic heterocycles. The number of carbonyl (C=O) groups excluding carboxylic acids is 2. The fourth-order valence-electron chi connectivity index (χ4n) is 3.72. The second-order valence-corrected chi connectivity index (χ2v) is 11.7. The third-order valence-corrected chi connectivity index (χ3v) is 8.31. The van der Waals surface area contributed by atoms with Crippen molar-refractivity contribution in [2.24, 2.45) is 0 Å². The number of hydrogen-bond acceptors (Lipinski definition) is 4. The van der Waals surface area contributed by atoms with Crippen molar-refractivity contribution in [3.8, 4) is 0 Å². The van der Waals surface area contributed by atoms with Gasteiger partial charge in [0.25, 0.3) is 10.0 Å². The lowest BCUT2D eigenvalue weighted by Crippen LogP contribution is -2.51. The summed E-state index contributed by atoms with van der Waals surface area (Å²) in [5.74, 6) is -0.972. The molecule has 38 heavy (non-hydrogen) atoms. The molecule has 0 saturated heterocycles. The van der Waals surface area contributed by atoms with E-state index in [0.717, 1.165) is 10.7 Å². The molecule has 3 aromatic rings. The summed E-state index contributed by atoms with van der Waals surface area (Å²) in [5, 5.41) is 3.60. The second-order valence-electron chi connectivity index (χ2n) is 8.54. The van der Waals surface area contributed by atoms with Crippen LogP contribution in [0.2, 0.25) is 15.1 Å². The van der Waals surface area contributed by atoms with Crippen LogP contribution in [0.1, 0.15) is 25.8 Å². The average molecular weight is 597 g/mol. The Bertz CT molecular complexity index is 1390. The van der Waals surface area contributed by atoms with E-state index in [2.05, 4.69) is 5.32 Å². The van der Waals surface area contributed by atoms with Crippen LogP contribution < -0.4 is 9.62 Å². The number of hydrogen-bond donors (Lipinski definition) is 1. The van der Waals surface area contributed by atoms with Gasteiger partial charge in [-0.15, -0.1) is 0 Å². The van der Waals surface area contributed by atoms with Gasteiger partial charge in [0.2, 0.25) is 11.8 Å². The van der Waals surface area contributed by atoms with E-state index in [9.17, 15) is 18.0 Å². The van der Waals surface area contributed by atoms with Crippen LogP contribution in [0.5, 0.6) is 0 Å². The number of halogens is 3. The van der Waals surface area contributed by atoms with Gasteiger partial charge >= 0.3 is 0 Å². The van der Waals surface area contributed by atoms with Gasteiger partial charge in [-0.2, -0.15) is 0 Å². The zero-order valence-corrected chi connectivity index (χ0v) is 24.0. The summed E-state index contributed by atoms with van der Waals surface area (Å²) in [5.41, 5.74) is 0.724. The smallest absolute Gasteiger partial charge is 0.264 e. The number of sulfonamides is 1. The first kappa shape index (κ1) is 29.8. The van der Waals surface area contributed by atoms with Crippen LogP contribution in [0.4, 0.5) is 5.69 Å². The lowest BCUT2D eigenvalue weighted by Gasteiger charge is -2.32. The van der Waals surface area contributed by atoms with E-state index in [4.69, 9.17) is 34.8 Å². The third kappa shape index (κ3) is 7.41. The van der Waals surface area contributed by atoms with Crippen molar-refractivity contribution in [1.29, 1.82) is 0 Å². The van der Waals surface area contributed by atoms with Gasteiger partial charge in [-0.25, -0.2) is 8.42 Å². The highest BCUT2D eigenvalue weighted by molar-refractivity contribution is 7.92. The first-order valence-corrected chi connectivity index (χ1v) is 14.5. The van der Waals surface area contributed by atoms with Crippen LogP contribution in [0.25, 0.3) is 0 Å². The van der Waals surface area contributed by atoms with Crippen LogP contribution in [-0.4, -0.2) is 44.3 Å². The molecular formula is C27H28Cl3N3O4S. The van der Waals surface area contributed by atoms with Gasteiger partial charge in [0.15, 0.2) is 0 Å². The van der Waals surface area contributed by atoms with Crippen LogP contribution in [0.3, 0.4) is 0 Å². The van der Waals surface area contributed by atoms with Crippen molar-refractivity contribution in [3.05, 3.63) is 93.4 Å². The molecule has 1 atom stereocenters. The lowest BCUT2D eigenvalue weighted by atomic mass is 10.1. The maximum absolute atomic E-state index is 13.8. The van der Waals surface area contributed by atoms with Crippen LogP contribution in [-0.2, 0) is 26.2 Å². The first-order chi connectivity index (χ1) is 18.0. The molecule has 3 aromatic carbocycles. The predicted molar refractivity (Wildman–Crippen MR) is 152 cm³/mol. The molecule has 0 radical (unpaired) electrons. The minimum Gasteiger partial charge on any atom is -0.354 e. The Balaban J connectivity index is 2.05. The number of nitrogens with zero attached hydrogens (tertiary/aromatic N) is 2. The van der Waals surface area contributed by atoms with Gasteiger partial charge < -0.3 is 10.2 Å². The molecule has 0 aliphatic rings. The Morgan fingerprint density at radius 1 is 0.921 bits per heavy atom. The number of anilines is 1. The quantitative estimate of drug-likeness (QED) is 0.304. The van der Waals surface area contributed by atoms with Gasteiger partial charge in [-0.3, -0.25) is 13.9 Å². The van der Waals surface area contributed by atoms with E-state index in [1.54, 1.807) is 49.4 Å². The third-order valence-electron chi connectivity index (χ3n) is 5.75. The van der Waals surface area contributed by atoms with Gasteiger partial charge in [0, 0.05) is 23.1 Å². The van der Waals surface area contributed by atoms with E-state index in [1.165, 1.54) is 35.2 Å². The number of nitrogens with one attached hydrogen (secondary N) is 1. The molecule has 7 nitrogen and oxygen atoms in total. The number of amides is 2.